The number of amidine groups is 1. The van der Waals surface area contributed by atoms with Crippen LogP contribution in [0, 0.1) is 5.41 Å². The quantitative estimate of drug-likeness (QED) is 0.351. The van der Waals surface area contributed by atoms with Crippen LogP contribution in [0.1, 0.15) is 18.1 Å². The highest BCUT2D eigenvalue weighted by atomic mass is 16.6. The van der Waals surface area contributed by atoms with Gasteiger partial charge in [-0.2, -0.15) is 0 Å². The first kappa shape index (κ1) is 20.9. The highest BCUT2D eigenvalue weighted by Crippen LogP contribution is 2.22. The topological polar surface area (TPSA) is 97.7 Å². The van der Waals surface area contributed by atoms with Gasteiger partial charge in [0.2, 0.25) is 0 Å². The molecule has 0 unspecified atom stereocenters. The number of rotatable bonds is 7. The summed E-state index contributed by atoms with van der Waals surface area (Å²) < 4.78 is 15.4. The van der Waals surface area contributed by atoms with Gasteiger partial charge in [-0.15, -0.1) is 0 Å². The Bertz CT molecular complexity index is 1050. The molecule has 0 bridgehead atoms. The highest BCUT2D eigenvalue weighted by Gasteiger charge is 2.10. The summed E-state index contributed by atoms with van der Waals surface area (Å²) in [5.41, 5.74) is 1.41. The Morgan fingerprint density at radius 1 is 0.933 bits per heavy atom. The van der Waals surface area contributed by atoms with Crippen LogP contribution >= 0.6 is 0 Å². The van der Waals surface area contributed by atoms with Crippen LogP contribution in [0.25, 0.3) is 10.8 Å². The van der Waals surface area contributed by atoms with Crippen LogP contribution in [0.2, 0.25) is 0 Å². The molecule has 0 spiro atoms. The van der Waals surface area contributed by atoms with Crippen molar-refractivity contribution < 1.29 is 23.8 Å². The average molecular weight is 406 g/mol. The van der Waals surface area contributed by atoms with Crippen LogP contribution in [0.4, 0.5) is 4.79 Å². The molecule has 0 saturated carbocycles. The van der Waals surface area contributed by atoms with Crippen molar-refractivity contribution in [2.75, 3.05) is 13.2 Å². The number of benzene rings is 3. The Hall–Kier alpha value is -3.87. The van der Waals surface area contributed by atoms with Crippen molar-refractivity contribution in [1.82, 2.24) is 5.32 Å². The fourth-order valence-electron chi connectivity index (χ4n) is 2.75. The second kappa shape index (κ2) is 10.1. The smallest absolute Gasteiger partial charge is 0.413 e. The van der Waals surface area contributed by atoms with Gasteiger partial charge >= 0.3 is 12.1 Å². The normalized spacial score (nSPS) is 10.3. The van der Waals surface area contributed by atoms with Gasteiger partial charge < -0.3 is 14.2 Å². The minimum absolute atomic E-state index is 0.0578. The van der Waals surface area contributed by atoms with E-state index in [4.69, 9.17) is 19.6 Å². The van der Waals surface area contributed by atoms with Crippen molar-refractivity contribution >= 4 is 28.7 Å². The van der Waals surface area contributed by atoms with E-state index in [0.29, 0.717) is 17.9 Å². The lowest BCUT2D eigenvalue weighted by Gasteiger charge is -2.10. The molecule has 30 heavy (non-hydrogen) atoms. The zero-order valence-electron chi connectivity index (χ0n) is 16.5. The number of ether oxygens (including phenoxy) is 3. The molecule has 7 nitrogen and oxygen atoms in total. The first-order valence-electron chi connectivity index (χ1n) is 9.44. The summed E-state index contributed by atoms with van der Waals surface area (Å²) in [6.45, 7) is 2.02. The molecular weight excluding hydrogens is 384 g/mol. The number of fused-ring (bicyclic) bond motifs is 1. The summed E-state index contributed by atoms with van der Waals surface area (Å²) >= 11 is 0. The van der Waals surface area contributed by atoms with E-state index in [1.165, 1.54) is 0 Å². The van der Waals surface area contributed by atoms with E-state index >= 15 is 0 Å². The second-order valence-electron chi connectivity index (χ2n) is 6.38. The van der Waals surface area contributed by atoms with E-state index in [9.17, 15) is 9.59 Å². The summed E-state index contributed by atoms with van der Waals surface area (Å²) in [4.78, 5) is 23.4. The minimum Gasteiger partial charge on any atom is -0.482 e. The minimum atomic E-state index is -0.688. The van der Waals surface area contributed by atoms with E-state index in [0.717, 1.165) is 16.3 Å². The van der Waals surface area contributed by atoms with Gasteiger partial charge in [0.15, 0.2) is 6.61 Å². The molecule has 154 valence electrons. The Kier molecular flexibility index (Phi) is 7.00. The lowest BCUT2D eigenvalue weighted by atomic mass is 10.1. The number of carbonyl (C=O) groups is 2. The molecule has 2 N–H and O–H groups in total. The molecule has 0 fully saturated rings. The van der Waals surface area contributed by atoms with E-state index in [-0.39, 0.29) is 19.0 Å². The molecule has 7 heteroatoms. The maximum absolute atomic E-state index is 12.0. The molecular formula is C23H22N2O5. The number of carbonyl (C=O) groups excluding carboxylic acids is 2. The van der Waals surface area contributed by atoms with Crippen molar-refractivity contribution in [3.05, 3.63) is 77.9 Å². The molecule has 0 atom stereocenters. The van der Waals surface area contributed by atoms with Gasteiger partial charge in [0.05, 0.1) is 6.61 Å². The van der Waals surface area contributed by atoms with E-state index in [2.05, 4.69) is 5.32 Å². The molecule has 3 rings (SSSR count). The summed E-state index contributed by atoms with van der Waals surface area (Å²) in [7, 11) is 0. The number of amides is 1. The molecule has 0 aliphatic rings. The Balaban J connectivity index is 1.59. The van der Waals surface area contributed by atoms with Crippen LogP contribution in [0.15, 0.2) is 66.7 Å². The largest absolute Gasteiger partial charge is 0.482 e. The molecule has 0 heterocycles. The molecule has 0 aliphatic carbocycles. The van der Waals surface area contributed by atoms with Crippen molar-refractivity contribution in [3.8, 4) is 5.75 Å². The number of hydrogen-bond donors (Lipinski definition) is 2. The molecule has 1 amide bonds. The van der Waals surface area contributed by atoms with Gasteiger partial charge in [-0.05, 0) is 41.5 Å². The molecule has 0 radical (unpaired) electrons. The third kappa shape index (κ3) is 5.81. The monoisotopic (exact) mass is 406 g/mol. The summed E-state index contributed by atoms with van der Waals surface area (Å²) in [6.07, 6.45) is -0.688. The first-order chi connectivity index (χ1) is 14.5. The fraction of sp³-hybridized carbons (Fsp3) is 0.174. The molecule has 3 aromatic carbocycles. The number of nitrogens with one attached hydrogen (secondary N) is 2. The number of esters is 1. The third-order valence-corrected chi connectivity index (χ3v) is 4.20. The van der Waals surface area contributed by atoms with Crippen LogP contribution in [0.3, 0.4) is 0 Å². The van der Waals surface area contributed by atoms with Gasteiger partial charge in [0.25, 0.3) is 0 Å². The van der Waals surface area contributed by atoms with Crippen LogP contribution in [-0.2, 0) is 20.9 Å². The first-order valence-corrected chi connectivity index (χ1v) is 9.44. The van der Waals surface area contributed by atoms with Crippen molar-refractivity contribution in [2.24, 2.45) is 0 Å². The Morgan fingerprint density at radius 3 is 2.43 bits per heavy atom. The summed E-state index contributed by atoms with van der Waals surface area (Å²) in [5.74, 6) is 0.0604. The van der Waals surface area contributed by atoms with Gasteiger partial charge in [-0.25, -0.2) is 9.59 Å². The van der Waals surface area contributed by atoms with Crippen LogP contribution < -0.4 is 10.1 Å². The molecule has 0 aliphatic heterocycles. The van der Waals surface area contributed by atoms with E-state index in [1.807, 2.05) is 42.5 Å². The summed E-state index contributed by atoms with van der Waals surface area (Å²) in [5, 5.41) is 12.3. The predicted molar refractivity (Wildman–Crippen MR) is 113 cm³/mol. The number of hydrogen-bond acceptors (Lipinski definition) is 6. The maximum atomic E-state index is 12.0. The average Bonchev–Trinajstić information content (AvgIpc) is 2.76. The van der Waals surface area contributed by atoms with Gasteiger partial charge in [0, 0.05) is 5.56 Å². The lowest BCUT2D eigenvalue weighted by Crippen LogP contribution is -2.30. The summed E-state index contributed by atoms with van der Waals surface area (Å²) in [6, 6.07) is 20.0. The van der Waals surface area contributed by atoms with Crippen molar-refractivity contribution in [1.29, 1.82) is 5.41 Å². The molecule has 0 aromatic heterocycles. The highest BCUT2D eigenvalue weighted by molar-refractivity contribution is 6.06. The lowest BCUT2D eigenvalue weighted by molar-refractivity contribution is -0.145. The van der Waals surface area contributed by atoms with Gasteiger partial charge in [-0.3, -0.25) is 10.7 Å². The zero-order chi connectivity index (χ0) is 21.3. The zero-order valence-corrected chi connectivity index (χ0v) is 16.5. The van der Waals surface area contributed by atoms with E-state index < -0.39 is 12.1 Å². The predicted octanol–water partition coefficient (Wildman–Crippen LogP) is 4.03. The third-order valence-electron chi connectivity index (χ3n) is 4.20. The SMILES string of the molecule is CCOC(=O)COc1ccc2cc(C(=N)NC(=O)OCc3ccccc3)ccc2c1. The Morgan fingerprint density at radius 2 is 1.67 bits per heavy atom. The van der Waals surface area contributed by atoms with Gasteiger partial charge in [0.1, 0.15) is 18.2 Å². The second-order valence-corrected chi connectivity index (χ2v) is 6.38. The molecule has 0 saturated heterocycles. The standard InChI is InChI=1S/C23H22N2O5/c1-2-28-21(26)15-29-20-11-10-17-12-19(9-8-18(17)13-20)22(24)25-23(27)30-14-16-6-4-3-5-7-16/h3-13H,2,14-15H2,1H3,(H2,24,25,27). The number of alkyl carbamates (subject to hydrolysis) is 1. The molecule has 3 aromatic rings. The van der Waals surface area contributed by atoms with Crippen LogP contribution in [0.5, 0.6) is 5.75 Å². The van der Waals surface area contributed by atoms with Crippen LogP contribution in [-0.4, -0.2) is 31.1 Å². The van der Waals surface area contributed by atoms with Crippen molar-refractivity contribution in [2.45, 2.75) is 13.5 Å². The Labute approximate surface area is 174 Å². The van der Waals surface area contributed by atoms with Crippen molar-refractivity contribution in [3.63, 3.8) is 0 Å². The van der Waals surface area contributed by atoms with E-state index in [1.54, 1.807) is 31.2 Å². The maximum Gasteiger partial charge on any atom is 0.413 e. The fourth-order valence-corrected chi connectivity index (χ4v) is 2.75. The van der Waals surface area contributed by atoms with Gasteiger partial charge in [-0.1, -0.05) is 48.5 Å².